The molecule has 0 amide bonds. The molecule has 2 aromatic rings. The highest BCUT2D eigenvalue weighted by Gasteiger charge is 2.08. The lowest BCUT2D eigenvalue weighted by atomic mass is 10.1. The van der Waals surface area contributed by atoms with E-state index in [9.17, 15) is 4.79 Å². The van der Waals surface area contributed by atoms with Crippen LogP contribution in [0.4, 0.5) is 0 Å². The fourth-order valence-electron chi connectivity index (χ4n) is 1.70. The summed E-state index contributed by atoms with van der Waals surface area (Å²) in [6, 6.07) is 5.76. The Kier molecular flexibility index (Phi) is 3.27. The zero-order valence-electron chi connectivity index (χ0n) is 10.1. The van der Waals surface area contributed by atoms with Gasteiger partial charge in [0, 0.05) is 0 Å². The van der Waals surface area contributed by atoms with Gasteiger partial charge in [0.1, 0.15) is 5.75 Å². The minimum Gasteiger partial charge on any atom is -0.496 e. The number of hydrogen-bond donors (Lipinski definition) is 1. The topological polar surface area (TPSA) is 77.2 Å². The van der Waals surface area contributed by atoms with E-state index in [1.54, 1.807) is 7.11 Å². The summed E-state index contributed by atoms with van der Waals surface area (Å²) in [5.74, 6) is -0.254. The van der Waals surface area contributed by atoms with E-state index in [0.717, 1.165) is 16.9 Å². The quantitative estimate of drug-likeness (QED) is 0.882. The number of ether oxygens (including phenoxy) is 1. The second-order valence-electron chi connectivity index (χ2n) is 3.91. The van der Waals surface area contributed by atoms with Crippen LogP contribution in [0.5, 0.6) is 5.75 Å². The van der Waals surface area contributed by atoms with E-state index < -0.39 is 5.97 Å². The van der Waals surface area contributed by atoms with Gasteiger partial charge in [-0.1, -0.05) is 17.3 Å². The molecule has 0 fully saturated rings. The molecule has 0 atom stereocenters. The molecule has 0 spiro atoms. The van der Waals surface area contributed by atoms with Crippen LogP contribution in [-0.2, 0) is 6.54 Å². The van der Waals surface area contributed by atoms with Crippen molar-refractivity contribution in [1.82, 2.24) is 15.0 Å². The maximum Gasteiger partial charge on any atom is 0.358 e. The fourth-order valence-corrected chi connectivity index (χ4v) is 1.70. The number of carboxylic acids is 1. The molecule has 18 heavy (non-hydrogen) atoms. The Labute approximate surface area is 104 Å². The lowest BCUT2D eigenvalue weighted by Crippen LogP contribution is -2.01. The number of hydrogen-bond acceptors (Lipinski definition) is 4. The number of carbonyl (C=O) groups is 1. The van der Waals surface area contributed by atoms with E-state index in [1.807, 2.05) is 25.1 Å². The Morgan fingerprint density at radius 3 is 2.83 bits per heavy atom. The lowest BCUT2D eigenvalue weighted by molar-refractivity contribution is 0.0690. The van der Waals surface area contributed by atoms with Crippen LogP contribution in [0.25, 0.3) is 0 Å². The molecular weight excluding hydrogens is 234 g/mol. The van der Waals surface area contributed by atoms with E-state index in [2.05, 4.69) is 10.3 Å². The van der Waals surface area contributed by atoms with E-state index in [0.29, 0.717) is 6.54 Å². The number of aryl methyl sites for hydroxylation is 1. The minimum atomic E-state index is -1.08. The smallest absolute Gasteiger partial charge is 0.358 e. The Balaban J connectivity index is 2.18. The number of carboxylic acid groups (broad SMARTS) is 1. The SMILES string of the molecule is COc1ccc(Cn2cc(C(=O)O)nn2)cc1C. The van der Waals surface area contributed by atoms with Crippen LogP contribution in [0.15, 0.2) is 24.4 Å². The monoisotopic (exact) mass is 247 g/mol. The Hall–Kier alpha value is -2.37. The van der Waals surface area contributed by atoms with Crippen molar-refractivity contribution in [2.45, 2.75) is 13.5 Å². The third-order valence-corrected chi connectivity index (χ3v) is 2.56. The van der Waals surface area contributed by atoms with Crippen LogP contribution in [0.1, 0.15) is 21.6 Å². The number of aromatic nitrogens is 3. The average Bonchev–Trinajstić information content (AvgIpc) is 2.78. The molecule has 0 aliphatic heterocycles. The summed E-state index contributed by atoms with van der Waals surface area (Å²) in [4.78, 5) is 10.7. The molecule has 94 valence electrons. The summed E-state index contributed by atoms with van der Waals surface area (Å²) in [7, 11) is 1.62. The van der Waals surface area contributed by atoms with Crippen LogP contribution in [-0.4, -0.2) is 33.2 Å². The van der Waals surface area contributed by atoms with Gasteiger partial charge in [-0.3, -0.25) is 0 Å². The van der Waals surface area contributed by atoms with E-state index in [4.69, 9.17) is 9.84 Å². The van der Waals surface area contributed by atoms with Gasteiger partial charge < -0.3 is 9.84 Å². The van der Waals surface area contributed by atoms with Crippen LogP contribution < -0.4 is 4.74 Å². The van der Waals surface area contributed by atoms with E-state index in [1.165, 1.54) is 10.9 Å². The van der Waals surface area contributed by atoms with Crippen molar-refractivity contribution in [2.75, 3.05) is 7.11 Å². The second-order valence-corrected chi connectivity index (χ2v) is 3.91. The summed E-state index contributed by atoms with van der Waals surface area (Å²) in [5, 5.41) is 16.1. The normalized spacial score (nSPS) is 10.3. The van der Waals surface area contributed by atoms with Gasteiger partial charge in [0.25, 0.3) is 0 Å². The number of nitrogens with zero attached hydrogens (tertiary/aromatic N) is 3. The zero-order chi connectivity index (χ0) is 13.1. The first kappa shape index (κ1) is 12.1. The van der Waals surface area contributed by atoms with Crippen LogP contribution in [0.3, 0.4) is 0 Å². The Morgan fingerprint density at radius 2 is 2.28 bits per heavy atom. The minimum absolute atomic E-state index is 0.0553. The van der Waals surface area contributed by atoms with Crippen LogP contribution >= 0.6 is 0 Å². The van der Waals surface area contributed by atoms with Crippen LogP contribution in [0, 0.1) is 6.92 Å². The van der Waals surface area contributed by atoms with Crippen molar-refractivity contribution < 1.29 is 14.6 Å². The first-order valence-corrected chi connectivity index (χ1v) is 5.37. The number of methoxy groups -OCH3 is 1. The Morgan fingerprint density at radius 1 is 1.50 bits per heavy atom. The van der Waals surface area contributed by atoms with Crippen molar-refractivity contribution >= 4 is 5.97 Å². The number of rotatable bonds is 4. The zero-order valence-corrected chi connectivity index (χ0v) is 10.1. The fraction of sp³-hybridized carbons (Fsp3) is 0.250. The van der Waals surface area contributed by atoms with Crippen molar-refractivity contribution in [2.24, 2.45) is 0 Å². The molecule has 0 aliphatic rings. The number of benzene rings is 1. The molecular formula is C12H13N3O3. The molecule has 6 heteroatoms. The maximum absolute atomic E-state index is 10.7. The van der Waals surface area contributed by atoms with Gasteiger partial charge in [0.15, 0.2) is 5.69 Å². The first-order valence-electron chi connectivity index (χ1n) is 5.37. The van der Waals surface area contributed by atoms with Crippen LogP contribution in [0.2, 0.25) is 0 Å². The van der Waals surface area contributed by atoms with Crippen molar-refractivity contribution in [3.05, 3.63) is 41.2 Å². The van der Waals surface area contributed by atoms with Crippen molar-refractivity contribution in [3.8, 4) is 5.75 Å². The molecule has 0 bridgehead atoms. The van der Waals surface area contributed by atoms with Gasteiger partial charge >= 0.3 is 5.97 Å². The predicted molar refractivity (Wildman–Crippen MR) is 63.8 cm³/mol. The highest BCUT2D eigenvalue weighted by Crippen LogP contribution is 2.18. The molecule has 2 rings (SSSR count). The molecule has 0 saturated carbocycles. The average molecular weight is 247 g/mol. The second kappa shape index (κ2) is 4.87. The van der Waals surface area contributed by atoms with E-state index in [-0.39, 0.29) is 5.69 Å². The van der Waals surface area contributed by atoms with Gasteiger partial charge in [-0.2, -0.15) is 0 Å². The van der Waals surface area contributed by atoms with Gasteiger partial charge in [0.2, 0.25) is 0 Å². The lowest BCUT2D eigenvalue weighted by Gasteiger charge is -2.07. The third-order valence-electron chi connectivity index (χ3n) is 2.56. The van der Waals surface area contributed by atoms with Crippen molar-refractivity contribution in [1.29, 1.82) is 0 Å². The van der Waals surface area contributed by atoms with E-state index >= 15 is 0 Å². The molecule has 0 saturated heterocycles. The summed E-state index contributed by atoms with van der Waals surface area (Å²) in [6.07, 6.45) is 1.40. The van der Waals surface area contributed by atoms with Crippen molar-refractivity contribution in [3.63, 3.8) is 0 Å². The van der Waals surface area contributed by atoms with Gasteiger partial charge in [-0.05, 0) is 24.1 Å². The number of aromatic carboxylic acids is 1. The third kappa shape index (κ3) is 2.48. The molecule has 1 heterocycles. The molecule has 1 aromatic heterocycles. The summed E-state index contributed by atoms with van der Waals surface area (Å²) < 4.78 is 6.66. The van der Waals surface area contributed by atoms with Gasteiger partial charge in [-0.15, -0.1) is 5.10 Å². The molecule has 1 aromatic carbocycles. The standard InChI is InChI=1S/C12H13N3O3/c1-8-5-9(3-4-11(8)18-2)6-15-7-10(12(16)17)13-14-15/h3-5,7H,6H2,1-2H3,(H,16,17). The highest BCUT2D eigenvalue weighted by molar-refractivity contribution is 5.84. The summed E-state index contributed by atoms with van der Waals surface area (Å²) >= 11 is 0. The predicted octanol–water partition coefficient (Wildman–Crippen LogP) is 1.34. The van der Waals surface area contributed by atoms with Gasteiger partial charge in [0.05, 0.1) is 19.9 Å². The van der Waals surface area contributed by atoms with Gasteiger partial charge in [-0.25, -0.2) is 9.48 Å². The molecule has 0 aliphatic carbocycles. The molecule has 1 N–H and O–H groups in total. The summed E-state index contributed by atoms with van der Waals surface area (Å²) in [6.45, 7) is 2.43. The molecule has 0 unspecified atom stereocenters. The molecule has 6 nitrogen and oxygen atoms in total. The largest absolute Gasteiger partial charge is 0.496 e. The Bertz CT molecular complexity index is 578. The maximum atomic E-state index is 10.7. The first-order chi connectivity index (χ1) is 8.60. The molecule has 0 radical (unpaired) electrons. The summed E-state index contributed by atoms with van der Waals surface area (Å²) in [5.41, 5.74) is 1.98. The highest BCUT2D eigenvalue weighted by atomic mass is 16.5.